The molecule has 6 nitrogen and oxygen atoms in total. The Balaban J connectivity index is 2.27. The molecular formula is C18H22N2O4S. The molecule has 2 rings (SSSR count). The Kier molecular flexibility index (Phi) is 5.08. The maximum absolute atomic E-state index is 12.4. The third-order valence-corrected chi connectivity index (χ3v) is 4.97. The average molecular weight is 362 g/mol. The fourth-order valence-electron chi connectivity index (χ4n) is 2.27. The van der Waals surface area contributed by atoms with Crippen molar-refractivity contribution in [1.29, 1.82) is 0 Å². The van der Waals surface area contributed by atoms with E-state index in [-0.39, 0.29) is 33.1 Å². The van der Waals surface area contributed by atoms with Crippen molar-refractivity contribution in [2.45, 2.75) is 38.0 Å². The fraction of sp³-hybridized carbons (Fsp3) is 0.278. The van der Waals surface area contributed by atoms with Gasteiger partial charge in [0.15, 0.2) is 0 Å². The maximum atomic E-state index is 12.4. The zero-order valence-electron chi connectivity index (χ0n) is 14.6. The van der Waals surface area contributed by atoms with Gasteiger partial charge in [-0.1, -0.05) is 39.0 Å². The topological polar surface area (TPSA) is 99.0 Å². The monoisotopic (exact) mass is 362 g/mol. The highest BCUT2D eigenvalue weighted by atomic mass is 32.2. The van der Waals surface area contributed by atoms with Gasteiger partial charge < -0.3 is 10.2 Å². The van der Waals surface area contributed by atoms with Crippen LogP contribution in [0.5, 0.6) is 11.5 Å². The Labute approximate surface area is 147 Å². The normalized spacial score (nSPS) is 12.9. The second kappa shape index (κ2) is 6.76. The quantitative estimate of drug-likeness (QED) is 0.575. The van der Waals surface area contributed by atoms with Gasteiger partial charge in [-0.3, -0.25) is 0 Å². The van der Waals surface area contributed by atoms with Gasteiger partial charge in [0.2, 0.25) is 0 Å². The van der Waals surface area contributed by atoms with Gasteiger partial charge in [0.05, 0.1) is 16.2 Å². The van der Waals surface area contributed by atoms with Gasteiger partial charge in [-0.25, -0.2) is 0 Å². The zero-order chi connectivity index (χ0) is 18.8. The number of phenolic OH excluding ortho intramolecular Hbond substituents is 2. The van der Waals surface area contributed by atoms with E-state index in [4.69, 9.17) is 0 Å². The molecule has 0 amide bonds. The molecule has 134 valence electrons. The van der Waals surface area contributed by atoms with Crippen LogP contribution in [0.15, 0.2) is 52.5 Å². The minimum atomic E-state index is -3.85. The zero-order valence-corrected chi connectivity index (χ0v) is 15.4. The third kappa shape index (κ3) is 4.30. The molecule has 0 atom stereocenters. The molecule has 25 heavy (non-hydrogen) atoms. The van der Waals surface area contributed by atoms with Gasteiger partial charge in [0.25, 0.3) is 10.0 Å². The highest BCUT2D eigenvalue weighted by molar-refractivity contribution is 7.89. The summed E-state index contributed by atoms with van der Waals surface area (Å²) in [5.74, 6) is -0.370. The second-order valence-electron chi connectivity index (χ2n) is 6.74. The number of nitrogens with zero attached hydrogens (tertiary/aromatic N) is 1. The smallest absolute Gasteiger partial charge is 0.276 e. The summed E-state index contributed by atoms with van der Waals surface area (Å²) in [5.41, 5.74) is 1.16. The predicted octanol–water partition coefficient (Wildman–Crippen LogP) is 3.10. The van der Waals surface area contributed by atoms with Gasteiger partial charge in [0, 0.05) is 0 Å². The van der Waals surface area contributed by atoms with Crippen molar-refractivity contribution >= 4 is 15.7 Å². The highest BCUT2D eigenvalue weighted by Crippen LogP contribution is 2.27. The van der Waals surface area contributed by atoms with Crippen LogP contribution >= 0.6 is 0 Å². The summed E-state index contributed by atoms with van der Waals surface area (Å²) >= 11 is 0. The molecular weight excluding hydrogens is 340 g/mol. The lowest BCUT2D eigenvalue weighted by atomic mass is 9.87. The first kappa shape index (κ1) is 18.8. The largest absolute Gasteiger partial charge is 0.507 e. The molecule has 0 spiro atoms. The summed E-state index contributed by atoms with van der Waals surface area (Å²) in [6.07, 6.45) is 0. The first-order valence-corrected chi connectivity index (χ1v) is 9.18. The molecule has 0 aromatic heterocycles. The molecule has 0 unspecified atom stereocenters. The maximum Gasteiger partial charge on any atom is 0.276 e. The van der Waals surface area contributed by atoms with E-state index in [1.807, 2.05) is 20.8 Å². The van der Waals surface area contributed by atoms with Crippen LogP contribution in [0.4, 0.5) is 0 Å². The molecule has 0 fully saturated rings. The summed E-state index contributed by atoms with van der Waals surface area (Å²) in [4.78, 5) is 2.21. The lowest BCUT2D eigenvalue weighted by molar-refractivity contribution is 0.448. The van der Waals surface area contributed by atoms with Gasteiger partial charge in [0.1, 0.15) is 11.5 Å². The van der Waals surface area contributed by atoms with E-state index in [1.165, 1.54) is 37.3 Å². The van der Waals surface area contributed by atoms with Crippen molar-refractivity contribution in [2.75, 3.05) is 0 Å². The van der Waals surface area contributed by atoms with E-state index in [1.54, 1.807) is 12.1 Å². The average Bonchev–Trinajstić information content (AvgIpc) is 2.52. The number of hydrogen-bond donors (Lipinski definition) is 3. The molecule has 0 bridgehead atoms. The number of hydrazone groups is 1. The van der Waals surface area contributed by atoms with E-state index < -0.39 is 10.0 Å². The van der Waals surface area contributed by atoms with Crippen LogP contribution in [-0.4, -0.2) is 24.3 Å². The number of phenols is 2. The summed E-state index contributed by atoms with van der Waals surface area (Å²) in [5, 5.41) is 23.4. The molecule has 3 N–H and O–H groups in total. The van der Waals surface area contributed by atoms with Crippen LogP contribution in [-0.2, 0) is 15.4 Å². The van der Waals surface area contributed by atoms with Crippen LogP contribution in [0.2, 0.25) is 0 Å². The lowest BCUT2D eigenvalue weighted by Gasteiger charge is -2.19. The third-order valence-electron chi connectivity index (χ3n) is 3.75. The van der Waals surface area contributed by atoms with E-state index in [2.05, 4.69) is 9.93 Å². The molecule has 2 aromatic carbocycles. The molecule has 0 aliphatic carbocycles. The summed E-state index contributed by atoms with van der Waals surface area (Å²) < 4.78 is 24.7. The minimum absolute atomic E-state index is 0.0766. The Morgan fingerprint density at radius 3 is 2.00 bits per heavy atom. The first-order valence-electron chi connectivity index (χ1n) is 7.70. The Hall–Kier alpha value is -2.54. The number of rotatable bonds is 4. The Morgan fingerprint density at radius 1 is 1.00 bits per heavy atom. The number of aromatic hydroxyl groups is 2. The molecule has 0 saturated carbocycles. The Bertz CT molecular complexity index is 875. The van der Waals surface area contributed by atoms with Gasteiger partial charge >= 0.3 is 0 Å². The standard InChI is InChI=1S/C18H22N2O4S/c1-12(17-15(21)6-5-7-16(17)22)19-20-25(23,24)14-10-8-13(9-11-14)18(2,3)4/h5-11,20-22H,1-4H3/b19-12+. The molecule has 0 aliphatic rings. The van der Waals surface area contributed by atoms with E-state index >= 15 is 0 Å². The van der Waals surface area contributed by atoms with Crippen molar-refractivity contribution in [3.63, 3.8) is 0 Å². The number of sulfonamides is 1. The summed E-state index contributed by atoms with van der Waals surface area (Å²) in [7, 11) is -3.85. The number of hydrogen-bond acceptors (Lipinski definition) is 5. The minimum Gasteiger partial charge on any atom is -0.507 e. The van der Waals surface area contributed by atoms with Crippen molar-refractivity contribution < 1.29 is 18.6 Å². The molecule has 7 heteroatoms. The first-order chi connectivity index (χ1) is 11.5. The van der Waals surface area contributed by atoms with E-state index in [0.717, 1.165) is 5.56 Å². The number of benzene rings is 2. The van der Waals surface area contributed by atoms with E-state index in [9.17, 15) is 18.6 Å². The lowest BCUT2D eigenvalue weighted by Crippen LogP contribution is -2.20. The van der Waals surface area contributed by atoms with Crippen molar-refractivity contribution in [3.8, 4) is 11.5 Å². The molecule has 0 heterocycles. The van der Waals surface area contributed by atoms with Gasteiger partial charge in [-0.15, -0.1) is 0 Å². The summed E-state index contributed by atoms with van der Waals surface area (Å²) in [6, 6.07) is 10.8. The molecule has 0 radical (unpaired) electrons. The molecule has 0 saturated heterocycles. The molecule has 0 aliphatic heterocycles. The SMILES string of the molecule is C/C(=N\NS(=O)(=O)c1ccc(C(C)(C)C)cc1)c1c(O)cccc1O. The van der Waals surface area contributed by atoms with Crippen LogP contribution in [0, 0.1) is 0 Å². The van der Waals surface area contributed by atoms with Crippen molar-refractivity contribution in [1.82, 2.24) is 4.83 Å². The van der Waals surface area contributed by atoms with Crippen LogP contribution in [0.25, 0.3) is 0 Å². The van der Waals surface area contributed by atoms with E-state index in [0.29, 0.717) is 0 Å². The van der Waals surface area contributed by atoms with Crippen LogP contribution < -0.4 is 4.83 Å². The predicted molar refractivity (Wildman–Crippen MR) is 97.4 cm³/mol. The number of nitrogens with one attached hydrogen (secondary N) is 1. The molecule has 2 aromatic rings. The van der Waals surface area contributed by atoms with Crippen LogP contribution in [0.3, 0.4) is 0 Å². The second-order valence-corrected chi connectivity index (χ2v) is 8.40. The van der Waals surface area contributed by atoms with Crippen LogP contribution in [0.1, 0.15) is 38.8 Å². The van der Waals surface area contributed by atoms with Crippen molar-refractivity contribution in [2.24, 2.45) is 5.10 Å². The van der Waals surface area contributed by atoms with Gasteiger partial charge in [-0.05, 0) is 42.2 Å². The highest BCUT2D eigenvalue weighted by Gasteiger charge is 2.18. The fourth-order valence-corrected chi connectivity index (χ4v) is 3.13. The Morgan fingerprint density at radius 2 is 1.52 bits per heavy atom. The van der Waals surface area contributed by atoms with Crippen molar-refractivity contribution in [3.05, 3.63) is 53.6 Å². The summed E-state index contributed by atoms with van der Waals surface area (Å²) in [6.45, 7) is 7.61. The van der Waals surface area contributed by atoms with Gasteiger partial charge in [-0.2, -0.15) is 18.4 Å².